The van der Waals surface area contributed by atoms with Crippen molar-refractivity contribution in [2.75, 3.05) is 13.2 Å². The number of hydrogen-bond donors (Lipinski definition) is 0. The minimum absolute atomic E-state index is 0.363. The Kier molecular flexibility index (Phi) is 6.02. The van der Waals surface area contributed by atoms with Crippen molar-refractivity contribution in [1.82, 2.24) is 0 Å². The molecule has 0 aliphatic rings. The molecule has 0 amide bonds. The van der Waals surface area contributed by atoms with Crippen LogP contribution in [0, 0.1) is 0 Å². The smallest absolute Gasteiger partial charge is 0.123 e. The van der Waals surface area contributed by atoms with Crippen LogP contribution < -0.4 is 9.47 Å². The van der Waals surface area contributed by atoms with Crippen LogP contribution in [0.15, 0.2) is 46.9 Å². The summed E-state index contributed by atoms with van der Waals surface area (Å²) in [5.74, 6) is 1.90. The Morgan fingerprint density at radius 1 is 1.00 bits per heavy atom. The summed E-state index contributed by atoms with van der Waals surface area (Å²) in [6.07, 6.45) is 0. The van der Waals surface area contributed by atoms with Crippen LogP contribution >= 0.6 is 39.1 Å². The highest BCUT2D eigenvalue weighted by atomic mass is 79.9. The van der Waals surface area contributed by atoms with E-state index in [9.17, 15) is 0 Å². The van der Waals surface area contributed by atoms with E-state index >= 15 is 0 Å². The van der Waals surface area contributed by atoms with Gasteiger partial charge in [0.2, 0.25) is 0 Å². The average molecular weight is 376 g/mol. The summed E-state index contributed by atoms with van der Waals surface area (Å²) >= 11 is 15.2. The van der Waals surface area contributed by atoms with Crippen LogP contribution in [0.5, 0.6) is 11.5 Å². The molecule has 0 atom stereocenters. The average Bonchev–Trinajstić information content (AvgIpc) is 2.45. The Morgan fingerprint density at radius 3 is 2.55 bits per heavy atom. The predicted molar refractivity (Wildman–Crippen MR) is 86.1 cm³/mol. The first-order valence-electron chi connectivity index (χ1n) is 6.04. The van der Waals surface area contributed by atoms with Crippen molar-refractivity contribution < 1.29 is 9.47 Å². The summed E-state index contributed by atoms with van der Waals surface area (Å²) in [6, 6.07) is 13.1. The molecule has 106 valence electrons. The summed E-state index contributed by atoms with van der Waals surface area (Å²) in [5.41, 5.74) is 0.877. The van der Waals surface area contributed by atoms with E-state index in [1.54, 1.807) is 12.1 Å². The third-order valence-electron chi connectivity index (χ3n) is 2.57. The number of rotatable bonds is 6. The zero-order valence-electron chi connectivity index (χ0n) is 10.6. The van der Waals surface area contributed by atoms with Gasteiger partial charge in [-0.25, -0.2) is 0 Å². The van der Waals surface area contributed by atoms with E-state index in [-0.39, 0.29) is 0 Å². The fourth-order valence-corrected chi connectivity index (χ4v) is 2.44. The lowest BCUT2D eigenvalue weighted by atomic mass is 10.2. The van der Waals surface area contributed by atoms with Crippen LogP contribution in [0.25, 0.3) is 0 Å². The summed E-state index contributed by atoms with van der Waals surface area (Å²) in [4.78, 5) is 0. The quantitative estimate of drug-likeness (QED) is 0.503. The first-order valence-corrected chi connectivity index (χ1v) is 7.75. The van der Waals surface area contributed by atoms with Crippen LogP contribution in [0.4, 0.5) is 0 Å². The maximum atomic E-state index is 5.91. The van der Waals surface area contributed by atoms with Gasteiger partial charge in [-0.15, -0.1) is 11.6 Å². The van der Waals surface area contributed by atoms with Gasteiger partial charge in [0.25, 0.3) is 0 Å². The fourth-order valence-electron chi connectivity index (χ4n) is 1.66. The van der Waals surface area contributed by atoms with Crippen LogP contribution in [0.1, 0.15) is 5.56 Å². The Labute approximate surface area is 136 Å². The van der Waals surface area contributed by atoms with Crippen molar-refractivity contribution in [1.29, 1.82) is 0 Å². The summed E-state index contributed by atoms with van der Waals surface area (Å²) in [6.45, 7) is 0.902. The van der Waals surface area contributed by atoms with Crippen molar-refractivity contribution in [3.05, 3.63) is 57.5 Å². The molecule has 2 nitrogen and oxygen atoms in total. The second kappa shape index (κ2) is 7.77. The zero-order chi connectivity index (χ0) is 14.4. The second-order valence-corrected chi connectivity index (χ2v) is 5.66. The fraction of sp³-hybridized carbons (Fsp3) is 0.200. The van der Waals surface area contributed by atoms with Crippen LogP contribution in [0.3, 0.4) is 0 Å². The Bertz CT molecular complexity index is 576. The highest BCUT2D eigenvalue weighted by molar-refractivity contribution is 9.10. The monoisotopic (exact) mass is 374 g/mol. The lowest BCUT2D eigenvalue weighted by Crippen LogP contribution is -2.09. The molecule has 0 aliphatic carbocycles. The molecular weight excluding hydrogens is 363 g/mol. The van der Waals surface area contributed by atoms with Gasteiger partial charge in [0, 0.05) is 15.1 Å². The van der Waals surface area contributed by atoms with Crippen molar-refractivity contribution in [3.8, 4) is 11.5 Å². The van der Waals surface area contributed by atoms with Crippen molar-refractivity contribution in [2.45, 2.75) is 5.88 Å². The van der Waals surface area contributed by atoms with Crippen LogP contribution in [-0.2, 0) is 5.88 Å². The Morgan fingerprint density at radius 2 is 1.80 bits per heavy atom. The number of alkyl halides is 1. The molecule has 0 unspecified atom stereocenters. The molecule has 2 aromatic carbocycles. The zero-order valence-corrected chi connectivity index (χ0v) is 13.7. The van der Waals surface area contributed by atoms with E-state index in [0.717, 1.165) is 21.5 Å². The summed E-state index contributed by atoms with van der Waals surface area (Å²) < 4.78 is 12.2. The molecule has 0 bridgehead atoms. The third-order valence-corrected chi connectivity index (χ3v) is 3.59. The molecule has 0 N–H and O–H groups in total. The highest BCUT2D eigenvalue weighted by Crippen LogP contribution is 2.24. The molecule has 20 heavy (non-hydrogen) atoms. The number of benzene rings is 2. The van der Waals surface area contributed by atoms with E-state index in [2.05, 4.69) is 15.9 Å². The lowest BCUT2D eigenvalue weighted by Gasteiger charge is -2.11. The molecule has 0 saturated carbocycles. The van der Waals surface area contributed by atoms with Gasteiger partial charge in [0.05, 0.1) is 5.88 Å². The van der Waals surface area contributed by atoms with Gasteiger partial charge in [-0.2, -0.15) is 0 Å². The predicted octanol–water partition coefficient (Wildman–Crippen LogP) is 5.30. The van der Waals surface area contributed by atoms with E-state index in [4.69, 9.17) is 32.7 Å². The van der Waals surface area contributed by atoms with Gasteiger partial charge in [-0.3, -0.25) is 0 Å². The van der Waals surface area contributed by atoms with Crippen LogP contribution in [0.2, 0.25) is 5.02 Å². The summed E-state index contributed by atoms with van der Waals surface area (Å²) in [5, 5.41) is 0.651. The van der Waals surface area contributed by atoms with E-state index in [1.807, 2.05) is 30.3 Å². The maximum absolute atomic E-state index is 5.91. The van der Waals surface area contributed by atoms with Crippen molar-refractivity contribution >= 4 is 39.1 Å². The number of ether oxygens (including phenoxy) is 2. The molecule has 0 heterocycles. The number of hydrogen-bond acceptors (Lipinski definition) is 2. The number of halogens is 3. The molecule has 0 aromatic heterocycles. The van der Waals surface area contributed by atoms with Crippen molar-refractivity contribution in [3.63, 3.8) is 0 Å². The topological polar surface area (TPSA) is 18.5 Å². The molecule has 0 fully saturated rings. The first kappa shape index (κ1) is 15.5. The minimum atomic E-state index is 0.363. The van der Waals surface area contributed by atoms with Gasteiger partial charge >= 0.3 is 0 Å². The first-order chi connectivity index (χ1) is 9.69. The molecule has 5 heteroatoms. The maximum Gasteiger partial charge on any atom is 0.123 e. The van der Waals surface area contributed by atoms with E-state index in [1.165, 1.54) is 0 Å². The van der Waals surface area contributed by atoms with Crippen LogP contribution in [-0.4, -0.2) is 13.2 Å². The molecule has 0 spiro atoms. The SMILES string of the molecule is ClCc1cc(Cl)ccc1OCCOc1cccc(Br)c1. The Hall–Kier alpha value is -0.900. The molecule has 0 aliphatic heterocycles. The third kappa shape index (κ3) is 4.58. The van der Waals surface area contributed by atoms with E-state index in [0.29, 0.717) is 24.1 Å². The van der Waals surface area contributed by atoms with Gasteiger partial charge in [0.15, 0.2) is 0 Å². The highest BCUT2D eigenvalue weighted by Gasteiger charge is 2.04. The standard InChI is InChI=1S/C15H13BrCl2O2/c16-12-2-1-3-14(9-12)19-6-7-20-15-5-4-13(18)8-11(15)10-17/h1-5,8-9H,6-7,10H2. The van der Waals surface area contributed by atoms with Gasteiger partial charge in [-0.1, -0.05) is 33.6 Å². The normalized spacial score (nSPS) is 10.3. The van der Waals surface area contributed by atoms with Gasteiger partial charge < -0.3 is 9.47 Å². The van der Waals surface area contributed by atoms with Crippen molar-refractivity contribution in [2.24, 2.45) is 0 Å². The molecular formula is C15H13BrCl2O2. The lowest BCUT2D eigenvalue weighted by molar-refractivity contribution is 0.216. The van der Waals surface area contributed by atoms with Gasteiger partial charge in [-0.05, 0) is 36.4 Å². The second-order valence-electron chi connectivity index (χ2n) is 4.04. The molecule has 0 saturated heterocycles. The molecule has 2 rings (SSSR count). The summed E-state index contributed by atoms with van der Waals surface area (Å²) in [7, 11) is 0. The van der Waals surface area contributed by atoms with Gasteiger partial charge in [0.1, 0.15) is 24.7 Å². The Balaban J connectivity index is 1.84. The molecule has 0 radical (unpaired) electrons. The minimum Gasteiger partial charge on any atom is -0.490 e. The van der Waals surface area contributed by atoms with E-state index < -0.39 is 0 Å². The molecule has 2 aromatic rings. The largest absolute Gasteiger partial charge is 0.490 e.